The van der Waals surface area contributed by atoms with Crippen molar-refractivity contribution in [3.63, 3.8) is 0 Å². The lowest BCUT2D eigenvalue weighted by Crippen LogP contribution is -2.40. The van der Waals surface area contributed by atoms with Crippen molar-refractivity contribution in [2.75, 3.05) is 33.4 Å². The number of ether oxygens (including phenoxy) is 1. The molecule has 1 aliphatic rings. The predicted octanol–water partition coefficient (Wildman–Crippen LogP) is 2.19. The minimum Gasteiger partial charge on any atom is -0.384 e. The summed E-state index contributed by atoms with van der Waals surface area (Å²) in [6.07, 6.45) is 1.18. The highest BCUT2D eigenvalue weighted by Crippen LogP contribution is 2.19. The number of rotatable bonds is 5. The highest BCUT2D eigenvalue weighted by molar-refractivity contribution is 7.11. The topological polar surface area (TPSA) is 49.8 Å². The summed E-state index contributed by atoms with van der Waals surface area (Å²) in [5, 5.41) is 4.52. The molecule has 5 nitrogen and oxygen atoms in total. The lowest BCUT2D eigenvalue weighted by atomic mass is 10.1. The van der Waals surface area contributed by atoms with Crippen molar-refractivity contribution < 1.29 is 4.74 Å². The van der Waals surface area contributed by atoms with Gasteiger partial charge in [-0.1, -0.05) is 0 Å². The first-order valence-corrected chi connectivity index (χ1v) is 8.40. The largest absolute Gasteiger partial charge is 0.384 e. The van der Waals surface area contributed by atoms with Crippen molar-refractivity contribution in [2.45, 2.75) is 33.7 Å². The van der Waals surface area contributed by atoms with Crippen molar-refractivity contribution in [1.29, 1.82) is 0 Å². The van der Waals surface area contributed by atoms with Crippen molar-refractivity contribution >= 4 is 17.3 Å². The predicted molar refractivity (Wildman–Crippen MR) is 88.0 cm³/mol. The van der Waals surface area contributed by atoms with Crippen LogP contribution in [0.5, 0.6) is 0 Å². The molecule has 2 heterocycles. The quantitative estimate of drug-likeness (QED) is 0.669. The molecule has 0 aliphatic carbocycles. The van der Waals surface area contributed by atoms with Crippen molar-refractivity contribution in [2.24, 2.45) is 10.9 Å². The molecule has 0 bridgehead atoms. The van der Waals surface area contributed by atoms with Crippen LogP contribution in [0.1, 0.15) is 28.9 Å². The van der Waals surface area contributed by atoms with Crippen LogP contribution in [0.15, 0.2) is 4.99 Å². The average Bonchev–Trinajstić information content (AvgIpc) is 3.02. The van der Waals surface area contributed by atoms with Gasteiger partial charge in [0.2, 0.25) is 0 Å². The first kappa shape index (κ1) is 16.2. The van der Waals surface area contributed by atoms with E-state index in [2.05, 4.69) is 29.0 Å². The van der Waals surface area contributed by atoms with E-state index in [9.17, 15) is 0 Å². The Kier molecular flexibility index (Phi) is 5.99. The number of nitrogens with one attached hydrogen (secondary N) is 1. The van der Waals surface area contributed by atoms with E-state index in [1.807, 2.05) is 6.92 Å². The van der Waals surface area contributed by atoms with Gasteiger partial charge < -0.3 is 15.0 Å². The number of aliphatic imine (C=N–C) groups is 1. The van der Waals surface area contributed by atoms with E-state index in [4.69, 9.17) is 9.73 Å². The van der Waals surface area contributed by atoms with Crippen molar-refractivity contribution in [3.8, 4) is 0 Å². The number of thiazole rings is 1. The Bertz CT molecular complexity index is 486. The number of aryl methyl sites for hydroxylation is 2. The number of nitrogens with zero attached hydrogens (tertiary/aromatic N) is 3. The van der Waals surface area contributed by atoms with Crippen LogP contribution in [0.25, 0.3) is 0 Å². The molecule has 1 aromatic heterocycles. The summed E-state index contributed by atoms with van der Waals surface area (Å²) >= 11 is 1.74. The molecule has 1 aliphatic heterocycles. The molecular formula is C15H26N4OS. The Hall–Kier alpha value is -1.14. The first-order chi connectivity index (χ1) is 10.1. The van der Waals surface area contributed by atoms with Gasteiger partial charge in [0.1, 0.15) is 0 Å². The molecule has 21 heavy (non-hydrogen) atoms. The smallest absolute Gasteiger partial charge is 0.194 e. The third-order valence-corrected chi connectivity index (χ3v) is 4.75. The SMILES string of the molecule is CCNC(=NCc1sc(C)nc1C)N1CCC(COC)C1. The summed E-state index contributed by atoms with van der Waals surface area (Å²) in [4.78, 5) is 12.9. The fourth-order valence-corrected chi connectivity index (χ4v) is 3.55. The Morgan fingerprint density at radius 3 is 2.95 bits per heavy atom. The summed E-state index contributed by atoms with van der Waals surface area (Å²) < 4.78 is 5.27. The molecule has 6 heteroatoms. The second-order valence-corrected chi connectivity index (χ2v) is 6.76. The van der Waals surface area contributed by atoms with Gasteiger partial charge in [-0.3, -0.25) is 0 Å². The molecule has 0 aromatic carbocycles. The van der Waals surface area contributed by atoms with Gasteiger partial charge in [-0.25, -0.2) is 9.98 Å². The molecule has 1 fully saturated rings. The van der Waals surface area contributed by atoms with Gasteiger partial charge in [0.05, 0.1) is 23.9 Å². The second kappa shape index (κ2) is 7.75. The molecule has 2 rings (SSSR count). The summed E-state index contributed by atoms with van der Waals surface area (Å²) in [6.45, 7) is 10.7. The molecule has 1 saturated heterocycles. The fourth-order valence-electron chi connectivity index (χ4n) is 2.69. The van der Waals surface area contributed by atoms with Gasteiger partial charge in [0, 0.05) is 37.5 Å². The zero-order valence-electron chi connectivity index (χ0n) is 13.5. The zero-order valence-corrected chi connectivity index (χ0v) is 14.3. The van der Waals surface area contributed by atoms with E-state index in [0.717, 1.165) is 42.9 Å². The number of hydrogen-bond donors (Lipinski definition) is 1. The lowest BCUT2D eigenvalue weighted by Gasteiger charge is -2.21. The summed E-state index contributed by atoms with van der Waals surface area (Å²) in [6, 6.07) is 0. The van der Waals surface area contributed by atoms with Crippen LogP contribution in [0, 0.1) is 19.8 Å². The molecular weight excluding hydrogens is 284 g/mol. The maximum absolute atomic E-state index is 5.27. The third-order valence-electron chi connectivity index (χ3n) is 3.69. The Balaban J connectivity index is 2.01. The molecule has 1 aromatic rings. The van der Waals surface area contributed by atoms with E-state index in [1.54, 1.807) is 18.4 Å². The normalized spacial score (nSPS) is 19.3. The molecule has 0 radical (unpaired) electrons. The van der Waals surface area contributed by atoms with Crippen LogP contribution < -0.4 is 5.32 Å². The fraction of sp³-hybridized carbons (Fsp3) is 0.733. The maximum atomic E-state index is 5.27. The molecule has 1 N–H and O–H groups in total. The van der Waals surface area contributed by atoms with Crippen molar-refractivity contribution in [3.05, 3.63) is 15.6 Å². The minimum absolute atomic E-state index is 0.617. The Labute approximate surface area is 131 Å². The van der Waals surface area contributed by atoms with Gasteiger partial charge in [-0.05, 0) is 27.2 Å². The highest BCUT2D eigenvalue weighted by Gasteiger charge is 2.24. The van der Waals surface area contributed by atoms with Crippen LogP contribution in [-0.4, -0.2) is 49.2 Å². The summed E-state index contributed by atoms with van der Waals surface area (Å²) in [5.74, 6) is 1.63. The number of methoxy groups -OCH3 is 1. The standard InChI is InChI=1S/C15H26N4OS/c1-5-16-15(19-7-6-13(9-19)10-20-4)17-8-14-11(2)18-12(3)21-14/h13H,5-10H2,1-4H3,(H,16,17). The van der Waals surface area contributed by atoms with Gasteiger partial charge >= 0.3 is 0 Å². The number of hydrogen-bond acceptors (Lipinski definition) is 4. The molecule has 1 unspecified atom stereocenters. The average molecular weight is 310 g/mol. The monoisotopic (exact) mass is 310 g/mol. The van der Waals surface area contributed by atoms with Crippen LogP contribution in [0.3, 0.4) is 0 Å². The minimum atomic E-state index is 0.617. The second-order valence-electron chi connectivity index (χ2n) is 5.47. The summed E-state index contributed by atoms with van der Waals surface area (Å²) in [5.41, 5.74) is 1.11. The first-order valence-electron chi connectivity index (χ1n) is 7.59. The van der Waals surface area contributed by atoms with E-state index in [0.29, 0.717) is 12.5 Å². The molecule has 118 valence electrons. The summed E-state index contributed by atoms with van der Waals surface area (Å²) in [7, 11) is 1.77. The van der Waals surface area contributed by atoms with Gasteiger partial charge in [0.15, 0.2) is 5.96 Å². The Morgan fingerprint density at radius 1 is 1.52 bits per heavy atom. The van der Waals surface area contributed by atoms with E-state index >= 15 is 0 Å². The third kappa shape index (κ3) is 4.41. The maximum Gasteiger partial charge on any atom is 0.194 e. The number of likely N-dealkylation sites (tertiary alicyclic amines) is 1. The van der Waals surface area contributed by atoms with Gasteiger partial charge in [-0.2, -0.15) is 0 Å². The van der Waals surface area contributed by atoms with Gasteiger partial charge in [-0.15, -0.1) is 11.3 Å². The molecule has 0 amide bonds. The van der Waals surface area contributed by atoms with Crippen molar-refractivity contribution in [1.82, 2.24) is 15.2 Å². The van der Waals surface area contributed by atoms with Crippen LogP contribution in [-0.2, 0) is 11.3 Å². The highest BCUT2D eigenvalue weighted by atomic mass is 32.1. The zero-order chi connectivity index (χ0) is 15.2. The van der Waals surface area contributed by atoms with E-state index in [-0.39, 0.29) is 0 Å². The van der Waals surface area contributed by atoms with E-state index < -0.39 is 0 Å². The molecule has 1 atom stereocenters. The Morgan fingerprint density at radius 2 is 2.33 bits per heavy atom. The lowest BCUT2D eigenvalue weighted by molar-refractivity contribution is 0.157. The molecule has 0 spiro atoms. The van der Waals surface area contributed by atoms with Gasteiger partial charge in [0.25, 0.3) is 0 Å². The molecule has 0 saturated carbocycles. The van der Waals surface area contributed by atoms with Crippen LogP contribution >= 0.6 is 11.3 Å². The number of guanidine groups is 1. The van der Waals surface area contributed by atoms with Crippen LogP contribution in [0.4, 0.5) is 0 Å². The van der Waals surface area contributed by atoms with E-state index in [1.165, 1.54) is 11.3 Å². The number of aromatic nitrogens is 1. The van der Waals surface area contributed by atoms with Crippen LogP contribution in [0.2, 0.25) is 0 Å².